The quantitative estimate of drug-likeness (QED) is 0.524. The molecule has 0 N–H and O–H groups in total. The maximum Gasteiger partial charge on any atom is 0.378 e. The minimum atomic E-state index is -1.08. The molecule has 0 spiro atoms. The molecule has 8 heteroatoms. The molecule has 0 aliphatic rings. The topological polar surface area (TPSA) is 88.1 Å². The smallest absolute Gasteiger partial charge is 0.378 e. The molecule has 1 unspecified atom stereocenters. The standard InChI is InChI=1S/C15H17FO7/c1-9(6-14(18)22-8-12(17)15(19)21-3)23-10-4-5-11(16)13(7-10)20-2/h4-5,7,9H,6,8H2,1-3H3. The summed E-state index contributed by atoms with van der Waals surface area (Å²) in [5.41, 5.74) is 0. The van der Waals surface area contributed by atoms with Gasteiger partial charge < -0.3 is 18.9 Å². The van der Waals surface area contributed by atoms with Gasteiger partial charge in [-0.3, -0.25) is 9.59 Å². The van der Waals surface area contributed by atoms with Crippen molar-refractivity contribution in [2.75, 3.05) is 20.8 Å². The predicted molar refractivity (Wildman–Crippen MR) is 75.6 cm³/mol. The van der Waals surface area contributed by atoms with Gasteiger partial charge in [0, 0.05) is 6.07 Å². The number of ether oxygens (including phenoxy) is 4. The molecule has 0 aliphatic carbocycles. The largest absolute Gasteiger partial charge is 0.494 e. The molecule has 0 fully saturated rings. The highest BCUT2D eigenvalue weighted by Gasteiger charge is 2.18. The number of carbonyl (C=O) groups excluding carboxylic acids is 3. The summed E-state index contributed by atoms with van der Waals surface area (Å²) in [5.74, 6) is -2.97. The summed E-state index contributed by atoms with van der Waals surface area (Å²) in [6.07, 6.45) is -0.750. The maximum absolute atomic E-state index is 13.3. The van der Waals surface area contributed by atoms with E-state index in [0.29, 0.717) is 5.75 Å². The van der Waals surface area contributed by atoms with Crippen LogP contribution in [-0.4, -0.2) is 44.7 Å². The van der Waals surface area contributed by atoms with Crippen LogP contribution in [-0.2, 0) is 23.9 Å². The van der Waals surface area contributed by atoms with E-state index in [0.717, 1.165) is 7.11 Å². The van der Waals surface area contributed by atoms with Crippen molar-refractivity contribution in [1.29, 1.82) is 0 Å². The number of carbonyl (C=O) groups is 3. The Hall–Kier alpha value is -2.64. The van der Waals surface area contributed by atoms with Gasteiger partial charge in [-0.15, -0.1) is 0 Å². The number of esters is 2. The van der Waals surface area contributed by atoms with Crippen molar-refractivity contribution in [2.24, 2.45) is 0 Å². The molecule has 0 aliphatic heterocycles. The number of halogens is 1. The van der Waals surface area contributed by atoms with Gasteiger partial charge in [-0.2, -0.15) is 0 Å². The molecule has 0 aromatic heterocycles. The van der Waals surface area contributed by atoms with Crippen LogP contribution < -0.4 is 9.47 Å². The number of benzene rings is 1. The van der Waals surface area contributed by atoms with Crippen LogP contribution in [0.5, 0.6) is 11.5 Å². The van der Waals surface area contributed by atoms with Crippen LogP contribution in [0.3, 0.4) is 0 Å². The summed E-state index contributed by atoms with van der Waals surface area (Å²) in [7, 11) is 2.37. The van der Waals surface area contributed by atoms with E-state index < -0.39 is 36.2 Å². The van der Waals surface area contributed by atoms with Crippen LogP contribution in [0.1, 0.15) is 13.3 Å². The molecule has 0 saturated carbocycles. The summed E-state index contributed by atoms with van der Waals surface area (Å²) in [4.78, 5) is 33.5. The van der Waals surface area contributed by atoms with E-state index in [1.807, 2.05) is 0 Å². The normalized spacial score (nSPS) is 11.3. The number of rotatable bonds is 8. The van der Waals surface area contributed by atoms with Crippen molar-refractivity contribution >= 4 is 17.7 Å². The first kappa shape index (κ1) is 18.4. The van der Waals surface area contributed by atoms with Crippen molar-refractivity contribution in [1.82, 2.24) is 0 Å². The maximum atomic E-state index is 13.3. The van der Waals surface area contributed by atoms with Crippen LogP contribution in [0.15, 0.2) is 18.2 Å². The van der Waals surface area contributed by atoms with Crippen LogP contribution >= 0.6 is 0 Å². The third kappa shape index (κ3) is 5.93. The lowest BCUT2D eigenvalue weighted by molar-refractivity contribution is -0.158. The van der Waals surface area contributed by atoms with Gasteiger partial charge in [-0.25, -0.2) is 9.18 Å². The Labute approximate surface area is 132 Å². The van der Waals surface area contributed by atoms with Crippen LogP contribution in [0.25, 0.3) is 0 Å². The van der Waals surface area contributed by atoms with Gasteiger partial charge in [-0.1, -0.05) is 0 Å². The lowest BCUT2D eigenvalue weighted by Gasteiger charge is -2.14. The molecule has 126 valence electrons. The first-order valence-electron chi connectivity index (χ1n) is 6.64. The van der Waals surface area contributed by atoms with E-state index in [4.69, 9.17) is 9.47 Å². The molecular weight excluding hydrogens is 311 g/mol. The summed E-state index contributed by atoms with van der Waals surface area (Å²) in [6.45, 7) is 0.905. The number of hydrogen-bond acceptors (Lipinski definition) is 7. The Morgan fingerprint density at radius 1 is 1.22 bits per heavy atom. The molecule has 0 bridgehead atoms. The van der Waals surface area contributed by atoms with Crippen LogP contribution in [0, 0.1) is 5.82 Å². The van der Waals surface area contributed by atoms with Gasteiger partial charge in [0.1, 0.15) is 11.9 Å². The predicted octanol–water partition coefficient (Wildman–Crippen LogP) is 1.28. The fourth-order valence-corrected chi connectivity index (χ4v) is 1.60. The minimum Gasteiger partial charge on any atom is -0.494 e. The average molecular weight is 328 g/mol. The molecule has 1 aromatic carbocycles. The molecular formula is C15H17FO7. The Balaban J connectivity index is 2.47. The third-order valence-corrected chi connectivity index (χ3v) is 2.69. The van der Waals surface area contributed by atoms with Gasteiger partial charge in [0.05, 0.1) is 20.6 Å². The highest BCUT2D eigenvalue weighted by molar-refractivity contribution is 6.34. The molecule has 7 nitrogen and oxygen atoms in total. The lowest BCUT2D eigenvalue weighted by atomic mass is 10.2. The van der Waals surface area contributed by atoms with E-state index >= 15 is 0 Å². The Bertz CT molecular complexity index is 585. The first-order chi connectivity index (χ1) is 10.9. The van der Waals surface area contributed by atoms with E-state index in [1.165, 1.54) is 25.3 Å². The fraction of sp³-hybridized carbons (Fsp3) is 0.400. The van der Waals surface area contributed by atoms with Crippen molar-refractivity contribution in [3.05, 3.63) is 24.0 Å². The number of methoxy groups -OCH3 is 2. The molecule has 1 rings (SSSR count). The Morgan fingerprint density at radius 3 is 2.52 bits per heavy atom. The van der Waals surface area contributed by atoms with Gasteiger partial charge in [-0.05, 0) is 19.1 Å². The molecule has 0 amide bonds. The SMILES string of the molecule is COC(=O)C(=O)COC(=O)CC(C)Oc1ccc(F)c(OC)c1. The zero-order valence-corrected chi connectivity index (χ0v) is 13.0. The highest BCUT2D eigenvalue weighted by Crippen LogP contribution is 2.24. The summed E-state index contributed by atoms with van der Waals surface area (Å²) < 4.78 is 32.3. The lowest BCUT2D eigenvalue weighted by Crippen LogP contribution is -2.25. The van der Waals surface area contributed by atoms with E-state index in [-0.39, 0.29) is 12.2 Å². The highest BCUT2D eigenvalue weighted by atomic mass is 19.1. The second kappa shape index (κ2) is 8.72. The van der Waals surface area contributed by atoms with Crippen LogP contribution in [0.4, 0.5) is 4.39 Å². The van der Waals surface area contributed by atoms with E-state index in [2.05, 4.69) is 9.47 Å². The number of ketones is 1. The second-order valence-corrected chi connectivity index (χ2v) is 4.50. The van der Waals surface area contributed by atoms with Crippen molar-refractivity contribution in [3.8, 4) is 11.5 Å². The van der Waals surface area contributed by atoms with Gasteiger partial charge in [0.2, 0.25) is 0 Å². The molecule has 0 heterocycles. The van der Waals surface area contributed by atoms with E-state index in [1.54, 1.807) is 6.92 Å². The van der Waals surface area contributed by atoms with Crippen LogP contribution in [0.2, 0.25) is 0 Å². The first-order valence-corrected chi connectivity index (χ1v) is 6.64. The molecule has 1 aromatic rings. The zero-order chi connectivity index (χ0) is 17.4. The molecule has 23 heavy (non-hydrogen) atoms. The van der Waals surface area contributed by atoms with Gasteiger partial charge in [0.15, 0.2) is 18.2 Å². The van der Waals surface area contributed by atoms with Crippen molar-refractivity contribution < 1.29 is 37.7 Å². The van der Waals surface area contributed by atoms with Crippen molar-refractivity contribution in [3.63, 3.8) is 0 Å². The summed E-state index contributed by atoms with van der Waals surface area (Å²) >= 11 is 0. The molecule has 0 radical (unpaired) electrons. The summed E-state index contributed by atoms with van der Waals surface area (Å²) in [6, 6.07) is 3.91. The summed E-state index contributed by atoms with van der Waals surface area (Å²) in [5, 5.41) is 0. The van der Waals surface area contributed by atoms with E-state index in [9.17, 15) is 18.8 Å². The molecule has 1 atom stereocenters. The van der Waals surface area contributed by atoms with Gasteiger partial charge >= 0.3 is 11.9 Å². The second-order valence-electron chi connectivity index (χ2n) is 4.50. The number of Topliss-reactive ketones (excluding diaryl/α,β-unsaturated/α-hetero) is 1. The number of hydrogen-bond donors (Lipinski definition) is 0. The third-order valence-electron chi connectivity index (χ3n) is 2.69. The molecule has 0 saturated heterocycles. The fourth-order valence-electron chi connectivity index (χ4n) is 1.60. The average Bonchev–Trinajstić information content (AvgIpc) is 2.53. The zero-order valence-electron chi connectivity index (χ0n) is 13.0. The minimum absolute atomic E-state index is 0.0148. The van der Waals surface area contributed by atoms with Crippen molar-refractivity contribution in [2.45, 2.75) is 19.4 Å². The Kier molecular flexibility index (Phi) is 6.98. The Morgan fingerprint density at radius 2 is 1.91 bits per heavy atom. The monoisotopic (exact) mass is 328 g/mol. The van der Waals surface area contributed by atoms with Gasteiger partial charge in [0.25, 0.3) is 5.78 Å².